The van der Waals surface area contributed by atoms with Crippen molar-refractivity contribution >= 4 is 17.5 Å². The second-order valence-electron chi connectivity index (χ2n) is 3.91. The first-order valence-corrected chi connectivity index (χ1v) is 5.85. The number of amides is 1. The van der Waals surface area contributed by atoms with E-state index in [1.54, 1.807) is 6.08 Å². The molecule has 0 atom stereocenters. The predicted octanol–water partition coefficient (Wildman–Crippen LogP) is 2.56. The van der Waals surface area contributed by atoms with Crippen LogP contribution < -0.4 is 5.32 Å². The van der Waals surface area contributed by atoms with Crippen LogP contribution in [0.15, 0.2) is 18.9 Å². The van der Waals surface area contributed by atoms with Crippen molar-refractivity contribution in [1.29, 1.82) is 0 Å². The van der Waals surface area contributed by atoms with E-state index in [1.165, 1.54) is 6.20 Å². The number of aromatic nitrogens is 2. The lowest BCUT2D eigenvalue weighted by molar-refractivity contribution is 0.0949. The Morgan fingerprint density at radius 2 is 2.35 bits per heavy atom. The van der Waals surface area contributed by atoms with E-state index in [4.69, 9.17) is 11.6 Å². The summed E-state index contributed by atoms with van der Waals surface area (Å²) >= 11 is 5.90. The Balaban J connectivity index is 2.84. The Hall–Kier alpha value is -1.42. The van der Waals surface area contributed by atoms with E-state index in [9.17, 15) is 4.79 Å². The number of rotatable bonds is 5. The highest BCUT2D eigenvalue weighted by atomic mass is 35.5. The van der Waals surface area contributed by atoms with Crippen LogP contribution in [0, 0.1) is 0 Å². The quantitative estimate of drug-likeness (QED) is 0.648. The number of carbonyl (C=O) groups is 1. The second-order valence-corrected chi connectivity index (χ2v) is 4.32. The molecule has 1 heterocycles. The summed E-state index contributed by atoms with van der Waals surface area (Å²) in [5, 5.41) is 2.99. The van der Waals surface area contributed by atoms with Crippen molar-refractivity contribution in [3.8, 4) is 0 Å². The minimum Gasteiger partial charge on any atom is -0.350 e. The Bertz CT molecular complexity index is 418. The molecule has 1 N–H and O–H groups in total. The van der Waals surface area contributed by atoms with E-state index >= 15 is 0 Å². The van der Waals surface area contributed by atoms with Gasteiger partial charge >= 0.3 is 0 Å². The fraction of sp³-hybridized carbons (Fsp3) is 0.417. The Labute approximate surface area is 106 Å². The highest BCUT2D eigenvalue weighted by Crippen LogP contribution is 2.16. The smallest absolute Gasteiger partial charge is 0.271 e. The summed E-state index contributed by atoms with van der Waals surface area (Å²) in [6.45, 7) is 8.03. The zero-order valence-electron chi connectivity index (χ0n) is 10.0. The van der Waals surface area contributed by atoms with Crippen molar-refractivity contribution in [1.82, 2.24) is 15.3 Å². The number of hydrogen-bond donors (Lipinski definition) is 1. The van der Waals surface area contributed by atoms with Crippen molar-refractivity contribution in [3.63, 3.8) is 0 Å². The molecule has 0 bridgehead atoms. The van der Waals surface area contributed by atoms with Gasteiger partial charge in [0.1, 0.15) is 11.5 Å². The standard InChI is InChI=1S/C12H16ClN3O/c1-4-5-6-14-12(17)10-9(13)7-15-11(16-10)8(2)3/h4,7-8H,1,5-6H2,2-3H3,(H,14,17). The summed E-state index contributed by atoms with van der Waals surface area (Å²) in [7, 11) is 0. The monoisotopic (exact) mass is 253 g/mol. The molecule has 0 saturated heterocycles. The summed E-state index contributed by atoms with van der Waals surface area (Å²) < 4.78 is 0. The fourth-order valence-corrected chi connectivity index (χ4v) is 1.37. The maximum Gasteiger partial charge on any atom is 0.271 e. The molecule has 1 amide bonds. The minimum absolute atomic E-state index is 0.159. The van der Waals surface area contributed by atoms with E-state index in [0.717, 1.165) is 0 Å². The third-order valence-corrected chi connectivity index (χ3v) is 2.40. The summed E-state index contributed by atoms with van der Waals surface area (Å²) in [5.41, 5.74) is 0.231. The first-order valence-electron chi connectivity index (χ1n) is 5.47. The third kappa shape index (κ3) is 3.82. The molecule has 1 rings (SSSR count). The van der Waals surface area contributed by atoms with E-state index in [0.29, 0.717) is 18.8 Å². The lowest BCUT2D eigenvalue weighted by atomic mass is 10.2. The van der Waals surface area contributed by atoms with Crippen molar-refractivity contribution in [2.75, 3.05) is 6.54 Å². The van der Waals surface area contributed by atoms with E-state index < -0.39 is 0 Å². The molecule has 17 heavy (non-hydrogen) atoms. The summed E-state index contributed by atoms with van der Waals surface area (Å²) in [6, 6.07) is 0. The van der Waals surface area contributed by atoms with Gasteiger partial charge in [-0.25, -0.2) is 9.97 Å². The number of nitrogens with zero attached hydrogens (tertiary/aromatic N) is 2. The van der Waals surface area contributed by atoms with Crippen LogP contribution in [0.3, 0.4) is 0 Å². The van der Waals surface area contributed by atoms with Gasteiger partial charge in [-0.3, -0.25) is 4.79 Å². The molecule has 0 radical (unpaired) electrons. The van der Waals surface area contributed by atoms with Crippen molar-refractivity contribution < 1.29 is 4.79 Å². The Kier molecular flexibility index (Phi) is 5.10. The number of carbonyl (C=O) groups excluding carboxylic acids is 1. The van der Waals surface area contributed by atoms with Crippen LogP contribution in [0.4, 0.5) is 0 Å². The number of nitrogens with one attached hydrogen (secondary N) is 1. The van der Waals surface area contributed by atoms with Crippen LogP contribution in [0.5, 0.6) is 0 Å². The van der Waals surface area contributed by atoms with Gasteiger partial charge in [-0.2, -0.15) is 0 Å². The van der Waals surface area contributed by atoms with Gasteiger partial charge in [-0.15, -0.1) is 6.58 Å². The molecule has 0 aliphatic heterocycles. The predicted molar refractivity (Wildman–Crippen MR) is 68.3 cm³/mol. The molecular weight excluding hydrogens is 238 g/mol. The molecule has 4 nitrogen and oxygen atoms in total. The average molecular weight is 254 g/mol. The zero-order chi connectivity index (χ0) is 12.8. The minimum atomic E-state index is -0.277. The summed E-state index contributed by atoms with van der Waals surface area (Å²) in [5.74, 6) is 0.497. The SMILES string of the molecule is C=CCCNC(=O)c1nc(C(C)C)ncc1Cl. The normalized spacial score (nSPS) is 10.4. The van der Waals surface area contributed by atoms with E-state index in [1.807, 2.05) is 13.8 Å². The van der Waals surface area contributed by atoms with Crippen molar-refractivity contribution in [3.05, 3.63) is 35.4 Å². The first-order chi connectivity index (χ1) is 8.06. The van der Waals surface area contributed by atoms with Gasteiger partial charge in [-0.1, -0.05) is 31.5 Å². The maximum atomic E-state index is 11.8. The highest BCUT2D eigenvalue weighted by molar-refractivity contribution is 6.33. The van der Waals surface area contributed by atoms with Crippen LogP contribution in [-0.4, -0.2) is 22.4 Å². The first kappa shape index (κ1) is 13.6. The largest absolute Gasteiger partial charge is 0.350 e. The molecule has 0 saturated carbocycles. The molecule has 5 heteroatoms. The molecule has 0 aliphatic carbocycles. The lowest BCUT2D eigenvalue weighted by Gasteiger charge is -2.08. The topological polar surface area (TPSA) is 54.9 Å². The van der Waals surface area contributed by atoms with Crippen LogP contribution in [0.1, 0.15) is 42.5 Å². The van der Waals surface area contributed by atoms with Gasteiger partial charge in [-0.05, 0) is 6.42 Å². The van der Waals surface area contributed by atoms with Gasteiger partial charge in [0, 0.05) is 12.5 Å². The van der Waals surface area contributed by atoms with Crippen LogP contribution in [0.2, 0.25) is 5.02 Å². The average Bonchev–Trinajstić information content (AvgIpc) is 2.29. The number of halogens is 1. The summed E-state index contributed by atoms with van der Waals surface area (Å²) in [4.78, 5) is 20.0. The van der Waals surface area contributed by atoms with E-state index in [-0.39, 0.29) is 22.5 Å². The van der Waals surface area contributed by atoms with Gasteiger partial charge in [0.25, 0.3) is 5.91 Å². The molecule has 0 aromatic carbocycles. The second kappa shape index (κ2) is 6.35. The summed E-state index contributed by atoms with van der Waals surface area (Å²) in [6.07, 6.45) is 3.92. The number of hydrogen-bond acceptors (Lipinski definition) is 3. The Morgan fingerprint density at radius 1 is 1.65 bits per heavy atom. The molecular formula is C12H16ClN3O. The van der Waals surface area contributed by atoms with Crippen LogP contribution in [-0.2, 0) is 0 Å². The van der Waals surface area contributed by atoms with Crippen LogP contribution >= 0.6 is 11.6 Å². The van der Waals surface area contributed by atoms with Crippen LogP contribution in [0.25, 0.3) is 0 Å². The van der Waals surface area contributed by atoms with Gasteiger partial charge in [0.05, 0.1) is 11.2 Å². The molecule has 0 fully saturated rings. The highest BCUT2D eigenvalue weighted by Gasteiger charge is 2.14. The van der Waals surface area contributed by atoms with Crippen molar-refractivity contribution in [2.45, 2.75) is 26.2 Å². The van der Waals surface area contributed by atoms with Gasteiger partial charge < -0.3 is 5.32 Å². The Morgan fingerprint density at radius 3 is 2.94 bits per heavy atom. The van der Waals surface area contributed by atoms with Gasteiger partial charge in [0.2, 0.25) is 0 Å². The fourth-order valence-electron chi connectivity index (χ4n) is 1.19. The van der Waals surface area contributed by atoms with Crippen molar-refractivity contribution in [2.24, 2.45) is 0 Å². The molecule has 0 unspecified atom stereocenters. The molecule has 1 aromatic rings. The molecule has 0 aliphatic rings. The molecule has 1 aromatic heterocycles. The molecule has 0 spiro atoms. The lowest BCUT2D eigenvalue weighted by Crippen LogP contribution is -2.26. The third-order valence-electron chi connectivity index (χ3n) is 2.13. The molecule has 92 valence electrons. The van der Waals surface area contributed by atoms with E-state index in [2.05, 4.69) is 21.9 Å². The maximum absolute atomic E-state index is 11.8. The van der Waals surface area contributed by atoms with Gasteiger partial charge in [0.15, 0.2) is 0 Å². The zero-order valence-corrected chi connectivity index (χ0v) is 10.8.